The molecule has 3 rings (SSSR count). The highest BCUT2D eigenvalue weighted by Gasteiger charge is 2.09. The highest BCUT2D eigenvalue weighted by atomic mass is 32.2. The molecule has 0 saturated heterocycles. The number of nitrogens with one attached hydrogen (secondary N) is 1. The first-order valence-electron chi connectivity index (χ1n) is 8.94. The number of anilines is 1. The molecule has 6 heteroatoms. The Balaban J connectivity index is 1.62. The number of hydrogen-bond donors (Lipinski definition) is 1. The van der Waals surface area contributed by atoms with Gasteiger partial charge in [0.25, 0.3) is 0 Å². The SMILES string of the molecule is Cc1cc(C)c(-c2ccc(SCC(=O)Nc3ccc(C)c(F)c3)nn2)cc1C. The molecular weight excluding hydrogens is 373 g/mol. The summed E-state index contributed by atoms with van der Waals surface area (Å²) in [4.78, 5) is 12.1. The molecule has 2 aromatic carbocycles. The fourth-order valence-corrected chi connectivity index (χ4v) is 3.40. The second-order valence-electron chi connectivity index (χ2n) is 6.81. The predicted octanol–water partition coefficient (Wildman–Crippen LogP) is 5.25. The molecule has 144 valence electrons. The summed E-state index contributed by atoms with van der Waals surface area (Å²) in [7, 11) is 0. The Morgan fingerprint density at radius 1 is 0.929 bits per heavy atom. The number of thioether (sulfide) groups is 1. The van der Waals surface area contributed by atoms with E-state index in [9.17, 15) is 9.18 Å². The highest BCUT2D eigenvalue weighted by molar-refractivity contribution is 7.99. The molecule has 0 aliphatic rings. The van der Waals surface area contributed by atoms with Gasteiger partial charge < -0.3 is 5.32 Å². The maximum absolute atomic E-state index is 13.6. The predicted molar refractivity (Wildman–Crippen MR) is 112 cm³/mol. The number of carbonyl (C=O) groups is 1. The van der Waals surface area contributed by atoms with Gasteiger partial charge in [-0.25, -0.2) is 4.39 Å². The van der Waals surface area contributed by atoms with E-state index in [4.69, 9.17) is 0 Å². The Kier molecular flexibility index (Phi) is 6.09. The van der Waals surface area contributed by atoms with Gasteiger partial charge in [-0.15, -0.1) is 10.2 Å². The van der Waals surface area contributed by atoms with Gasteiger partial charge in [0.2, 0.25) is 5.91 Å². The van der Waals surface area contributed by atoms with Crippen LogP contribution in [0, 0.1) is 33.5 Å². The number of amides is 1. The van der Waals surface area contributed by atoms with E-state index in [1.54, 1.807) is 19.1 Å². The monoisotopic (exact) mass is 395 g/mol. The van der Waals surface area contributed by atoms with Gasteiger partial charge in [0.1, 0.15) is 10.8 Å². The zero-order chi connectivity index (χ0) is 20.3. The van der Waals surface area contributed by atoms with Crippen LogP contribution in [0.15, 0.2) is 47.5 Å². The molecule has 0 fully saturated rings. The molecule has 3 aromatic rings. The molecule has 1 heterocycles. The maximum atomic E-state index is 13.6. The fourth-order valence-electron chi connectivity index (χ4n) is 2.78. The third-order valence-corrected chi connectivity index (χ3v) is 5.48. The maximum Gasteiger partial charge on any atom is 0.234 e. The summed E-state index contributed by atoms with van der Waals surface area (Å²) in [6.45, 7) is 7.91. The quantitative estimate of drug-likeness (QED) is 0.600. The van der Waals surface area contributed by atoms with Crippen molar-refractivity contribution < 1.29 is 9.18 Å². The van der Waals surface area contributed by atoms with Crippen molar-refractivity contribution in [1.29, 1.82) is 0 Å². The third kappa shape index (κ3) is 4.75. The van der Waals surface area contributed by atoms with Crippen LogP contribution in [0.4, 0.5) is 10.1 Å². The number of aryl methyl sites for hydroxylation is 4. The minimum Gasteiger partial charge on any atom is -0.325 e. The van der Waals surface area contributed by atoms with E-state index in [1.165, 1.54) is 29.0 Å². The van der Waals surface area contributed by atoms with Crippen molar-refractivity contribution in [2.75, 3.05) is 11.1 Å². The smallest absolute Gasteiger partial charge is 0.234 e. The standard InChI is InChI=1S/C22H22FN3OS/c1-13-5-6-17(11-19(13)23)24-21(27)12-28-22-8-7-20(25-26-22)18-10-15(3)14(2)9-16(18)4/h5-11H,12H2,1-4H3,(H,24,27). The first-order chi connectivity index (χ1) is 13.3. The minimum atomic E-state index is -0.339. The molecular formula is C22H22FN3OS. The van der Waals surface area contributed by atoms with Crippen molar-refractivity contribution in [2.45, 2.75) is 32.7 Å². The fraction of sp³-hybridized carbons (Fsp3) is 0.227. The topological polar surface area (TPSA) is 54.9 Å². The number of halogens is 1. The van der Waals surface area contributed by atoms with E-state index in [1.807, 2.05) is 12.1 Å². The lowest BCUT2D eigenvalue weighted by atomic mass is 9.99. The molecule has 0 bridgehead atoms. The lowest BCUT2D eigenvalue weighted by molar-refractivity contribution is -0.113. The molecule has 0 aliphatic heterocycles. The number of nitrogens with zero attached hydrogens (tertiary/aromatic N) is 2. The second-order valence-corrected chi connectivity index (χ2v) is 7.80. The van der Waals surface area contributed by atoms with Crippen molar-refractivity contribution >= 4 is 23.4 Å². The largest absolute Gasteiger partial charge is 0.325 e. The van der Waals surface area contributed by atoms with Crippen LogP contribution in [-0.2, 0) is 4.79 Å². The average molecular weight is 396 g/mol. The normalized spacial score (nSPS) is 10.8. The highest BCUT2D eigenvalue weighted by Crippen LogP contribution is 2.26. The third-order valence-electron chi connectivity index (χ3n) is 4.56. The molecule has 0 spiro atoms. The van der Waals surface area contributed by atoms with E-state index in [0.717, 1.165) is 16.8 Å². The Morgan fingerprint density at radius 2 is 1.68 bits per heavy atom. The van der Waals surface area contributed by atoms with E-state index in [0.29, 0.717) is 16.3 Å². The molecule has 1 aromatic heterocycles. The van der Waals surface area contributed by atoms with Crippen molar-refractivity contribution in [1.82, 2.24) is 10.2 Å². The van der Waals surface area contributed by atoms with E-state index in [2.05, 4.69) is 48.4 Å². The van der Waals surface area contributed by atoms with Gasteiger partial charge in [-0.2, -0.15) is 0 Å². The molecule has 4 nitrogen and oxygen atoms in total. The van der Waals surface area contributed by atoms with Crippen LogP contribution in [0.1, 0.15) is 22.3 Å². The molecule has 0 unspecified atom stereocenters. The van der Waals surface area contributed by atoms with E-state index in [-0.39, 0.29) is 17.5 Å². The number of carbonyl (C=O) groups excluding carboxylic acids is 1. The Bertz CT molecular complexity index is 1020. The van der Waals surface area contributed by atoms with Crippen LogP contribution in [0.25, 0.3) is 11.3 Å². The zero-order valence-electron chi connectivity index (χ0n) is 16.3. The van der Waals surface area contributed by atoms with Gasteiger partial charge >= 0.3 is 0 Å². The Labute approximate surface area is 168 Å². The molecule has 0 saturated carbocycles. The summed E-state index contributed by atoms with van der Waals surface area (Å²) >= 11 is 1.29. The van der Waals surface area contributed by atoms with Crippen molar-refractivity contribution in [3.63, 3.8) is 0 Å². The molecule has 1 N–H and O–H groups in total. The lowest BCUT2D eigenvalue weighted by Crippen LogP contribution is -2.14. The summed E-state index contributed by atoms with van der Waals surface area (Å²) in [5.74, 6) is -0.385. The molecule has 1 amide bonds. The van der Waals surface area contributed by atoms with Gasteiger partial charge in [0.15, 0.2) is 0 Å². The summed E-state index contributed by atoms with van der Waals surface area (Å²) < 4.78 is 13.6. The molecule has 0 radical (unpaired) electrons. The number of rotatable bonds is 5. The van der Waals surface area contributed by atoms with E-state index < -0.39 is 0 Å². The average Bonchev–Trinajstić information content (AvgIpc) is 2.66. The Hall–Kier alpha value is -2.73. The molecule has 0 aliphatic carbocycles. The van der Waals surface area contributed by atoms with Crippen LogP contribution in [0.5, 0.6) is 0 Å². The summed E-state index contributed by atoms with van der Waals surface area (Å²) in [6.07, 6.45) is 0. The molecule has 28 heavy (non-hydrogen) atoms. The second kappa shape index (κ2) is 8.52. The Morgan fingerprint density at radius 3 is 2.36 bits per heavy atom. The lowest BCUT2D eigenvalue weighted by Gasteiger charge is -2.09. The first-order valence-corrected chi connectivity index (χ1v) is 9.93. The minimum absolute atomic E-state index is 0.173. The summed E-state index contributed by atoms with van der Waals surface area (Å²) in [5, 5.41) is 11.9. The van der Waals surface area contributed by atoms with E-state index >= 15 is 0 Å². The molecule has 0 atom stereocenters. The summed E-state index contributed by atoms with van der Waals surface area (Å²) in [6, 6.07) is 12.7. The van der Waals surface area contributed by atoms with Crippen LogP contribution in [-0.4, -0.2) is 21.9 Å². The van der Waals surface area contributed by atoms with Gasteiger partial charge in [0, 0.05) is 11.3 Å². The zero-order valence-corrected chi connectivity index (χ0v) is 17.2. The van der Waals surface area contributed by atoms with Crippen molar-refractivity contribution in [2.24, 2.45) is 0 Å². The first kappa shape index (κ1) is 20.0. The van der Waals surface area contributed by atoms with Crippen molar-refractivity contribution in [3.8, 4) is 11.3 Å². The van der Waals surface area contributed by atoms with Gasteiger partial charge in [0.05, 0.1) is 11.4 Å². The van der Waals surface area contributed by atoms with Crippen molar-refractivity contribution in [3.05, 3.63) is 70.5 Å². The van der Waals surface area contributed by atoms with Gasteiger partial charge in [-0.05, 0) is 80.3 Å². The van der Waals surface area contributed by atoms with Gasteiger partial charge in [-0.1, -0.05) is 23.9 Å². The van der Waals surface area contributed by atoms with Crippen LogP contribution >= 0.6 is 11.8 Å². The van der Waals surface area contributed by atoms with Crippen LogP contribution in [0.2, 0.25) is 0 Å². The van der Waals surface area contributed by atoms with Crippen LogP contribution in [0.3, 0.4) is 0 Å². The summed E-state index contributed by atoms with van der Waals surface area (Å²) in [5.41, 5.74) is 6.48. The van der Waals surface area contributed by atoms with Crippen LogP contribution < -0.4 is 5.32 Å². The van der Waals surface area contributed by atoms with Gasteiger partial charge in [-0.3, -0.25) is 4.79 Å². The number of benzene rings is 2. The number of hydrogen-bond acceptors (Lipinski definition) is 4. The number of aromatic nitrogens is 2.